The number of rotatable bonds is 4. The van der Waals surface area contributed by atoms with Gasteiger partial charge in [-0.3, -0.25) is 14.8 Å². The maximum atomic E-state index is 11.2. The van der Waals surface area contributed by atoms with E-state index in [0.717, 1.165) is 16.6 Å². The zero-order valence-corrected chi connectivity index (χ0v) is 15.5. The topological polar surface area (TPSA) is 61.0 Å². The first-order valence-electron chi connectivity index (χ1n) is 8.18. The summed E-state index contributed by atoms with van der Waals surface area (Å²) in [5.41, 5.74) is 3.22. The molecule has 0 amide bonds. The Kier molecular flexibility index (Phi) is 4.56. The van der Waals surface area contributed by atoms with Gasteiger partial charge in [0, 0.05) is 23.1 Å². The molecule has 1 heterocycles. The molecule has 0 spiro atoms. The molecule has 3 aromatic carbocycles. The van der Waals surface area contributed by atoms with E-state index in [1.807, 2.05) is 42.5 Å². The number of hydrogen-bond acceptors (Lipinski definition) is 3. The first-order valence-corrected chi connectivity index (χ1v) is 8.93. The molecular weight excluding hydrogens is 385 g/mol. The third-order valence-corrected chi connectivity index (χ3v) is 5.20. The summed E-state index contributed by atoms with van der Waals surface area (Å²) in [7, 11) is 0. The summed E-state index contributed by atoms with van der Waals surface area (Å²) in [4.78, 5) is 10.8. The van der Waals surface area contributed by atoms with Crippen LogP contribution in [0.4, 0.5) is 5.69 Å². The molecule has 134 valence electrons. The van der Waals surface area contributed by atoms with Crippen LogP contribution in [0, 0.1) is 10.1 Å². The second kappa shape index (κ2) is 7.02. The predicted molar refractivity (Wildman–Crippen MR) is 107 cm³/mol. The van der Waals surface area contributed by atoms with Crippen LogP contribution in [0.25, 0.3) is 22.2 Å². The lowest BCUT2D eigenvalue weighted by Gasteiger charge is -2.07. The van der Waals surface area contributed by atoms with Gasteiger partial charge in [-0.25, -0.2) is 0 Å². The Balaban J connectivity index is 1.91. The van der Waals surface area contributed by atoms with E-state index in [1.165, 1.54) is 6.07 Å². The monoisotopic (exact) mass is 397 g/mol. The van der Waals surface area contributed by atoms with Crippen LogP contribution in [0.15, 0.2) is 66.7 Å². The van der Waals surface area contributed by atoms with Gasteiger partial charge in [0.05, 0.1) is 27.0 Å². The Morgan fingerprint density at radius 3 is 2.52 bits per heavy atom. The fourth-order valence-corrected chi connectivity index (χ4v) is 3.42. The van der Waals surface area contributed by atoms with E-state index < -0.39 is 4.92 Å². The zero-order chi connectivity index (χ0) is 19.0. The molecule has 0 unspecified atom stereocenters. The van der Waals surface area contributed by atoms with E-state index in [4.69, 9.17) is 28.3 Å². The Morgan fingerprint density at radius 2 is 1.78 bits per heavy atom. The molecule has 7 heteroatoms. The molecule has 0 N–H and O–H groups in total. The van der Waals surface area contributed by atoms with Gasteiger partial charge in [-0.1, -0.05) is 65.7 Å². The Labute approximate surface area is 164 Å². The molecule has 0 aliphatic rings. The summed E-state index contributed by atoms with van der Waals surface area (Å²) in [5.74, 6) is 0. The van der Waals surface area contributed by atoms with Crippen molar-refractivity contribution >= 4 is 39.8 Å². The maximum Gasteiger partial charge on any atom is 0.270 e. The van der Waals surface area contributed by atoms with E-state index >= 15 is 0 Å². The Hall–Kier alpha value is -2.89. The molecule has 0 fully saturated rings. The number of fused-ring (bicyclic) bond motifs is 1. The van der Waals surface area contributed by atoms with Crippen LogP contribution < -0.4 is 0 Å². The molecule has 0 aliphatic carbocycles. The van der Waals surface area contributed by atoms with E-state index in [-0.39, 0.29) is 5.69 Å². The predicted octanol–water partition coefficient (Wildman–Crippen LogP) is 5.97. The highest BCUT2D eigenvalue weighted by molar-refractivity contribution is 6.42. The van der Waals surface area contributed by atoms with Crippen molar-refractivity contribution in [3.05, 3.63) is 92.5 Å². The normalized spacial score (nSPS) is 11.0. The van der Waals surface area contributed by atoms with E-state index in [0.29, 0.717) is 27.7 Å². The van der Waals surface area contributed by atoms with Gasteiger partial charge in [-0.05, 0) is 17.7 Å². The highest BCUT2D eigenvalue weighted by Gasteiger charge is 2.17. The Bertz CT molecular complexity index is 1160. The minimum atomic E-state index is -0.403. The fraction of sp³-hybridized carbons (Fsp3) is 0.0500. The fourth-order valence-electron chi connectivity index (χ4n) is 3.04. The van der Waals surface area contributed by atoms with Crippen LogP contribution in [-0.4, -0.2) is 14.7 Å². The molecule has 4 rings (SSSR count). The minimum Gasteiger partial charge on any atom is -0.260 e. The van der Waals surface area contributed by atoms with E-state index in [2.05, 4.69) is 0 Å². The number of nitrogens with zero attached hydrogens (tertiary/aromatic N) is 3. The number of non-ortho nitro benzene ring substituents is 1. The van der Waals surface area contributed by atoms with Crippen molar-refractivity contribution in [1.29, 1.82) is 0 Å². The smallest absolute Gasteiger partial charge is 0.260 e. The molecule has 0 radical (unpaired) electrons. The van der Waals surface area contributed by atoms with Crippen LogP contribution in [0.5, 0.6) is 0 Å². The number of benzene rings is 3. The lowest BCUT2D eigenvalue weighted by atomic mass is 10.1. The lowest BCUT2D eigenvalue weighted by molar-refractivity contribution is -0.384. The quantitative estimate of drug-likeness (QED) is 0.314. The third-order valence-electron chi connectivity index (χ3n) is 4.34. The number of nitro groups is 1. The standard InChI is InChI=1S/C20H13Cl2N3O2/c21-17-8-4-7-14(19(17)22)12-24-18-10-9-15(25(26)27)11-16(18)20(23-24)13-5-2-1-3-6-13/h1-11H,12H2. The van der Waals surface area contributed by atoms with Gasteiger partial charge >= 0.3 is 0 Å². The second-order valence-electron chi connectivity index (χ2n) is 6.04. The van der Waals surface area contributed by atoms with Crippen molar-refractivity contribution in [3.8, 4) is 11.3 Å². The van der Waals surface area contributed by atoms with Crippen LogP contribution >= 0.6 is 23.2 Å². The minimum absolute atomic E-state index is 0.0278. The molecule has 0 saturated carbocycles. The zero-order valence-electron chi connectivity index (χ0n) is 14.0. The van der Waals surface area contributed by atoms with Crippen molar-refractivity contribution in [3.63, 3.8) is 0 Å². The molecular formula is C20H13Cl2N3O2. The number of hydrogen-bond donors (Lipinski definition) is 0. The number of halogens is 2. The van der Waals surface area contributed by atoms with Gasteiger partial charge in [-0.15, -0.1) is 0 Å². The summed E-state index contributed by atoms with van der Waals surface area (Å²) in [6.07, 6.45) is 0. The SMILES string of the molecule is O=[N+]([O-])c1ccc2c(c1)c(-c1ccccc1)nn2Cc1cccc(Cl)c1Cl. The van der Waals surface area contributed by atoms with Crippen LogP contribution in [0.3, 0.4) is 0 Å². The largest absolute Gasteiger partial charge is 0.270 e. The molecule has 0 saturated heterocycles. The van der Waals surface area contributed by atoms with Crippen molar-refractivity contribution in [1.82, 2.24) is 9.78 Å². The van der Waals surface area contributed by atoms with E-state index in [9.17, 15) is 10.1 Å². The van der Waals surface area contributed by atoms with E-state index in [1.54, 1.807) is 22.9 Å². The second-order valence-corrected chi connectivity index (χ2v) is 6.83. The molecule has 0 aliphatic heterocycles. The average Bonchev–Trinajstić information content (AvgIpc) is 3.04. The summed E-state index contributed by atoms with van der Waals surface area (Å²) >= 11 is 12.4. The van der Waals surface area contributed by atoms with Gasteiger partial charge in [0.15, 0.2) is 0 Å². The molecule has 0 atom stereocenters. The van der Waals surface area contributed by atoms with Crippen LogP contribution in [-0.2, 0) is 6.54 Å². The first-order chi connectivity index (χ1) is 13.0. The van der Waals surface area contributed by atoms with Gasteiger partial charge in [0.2, 0.25) is 0 Å². The molecule has 27 heavy (non-hydrogen) atoms. The van der Waals surface area contributed by atoms with Crippen LogP contribution in [0.2, 0.25) is 10.0 Å². The summed E-state index contributed by atoms with van der Waals surface area (Å²) in [6.45, 7) is 0.403. The highest BCUT2D eigenvalue weighted by atomic mass is 35.5. The highest BCUT2D eigenvalue weighted by Crippen LogP contribution is 2.32. The Morgan fingerprint density at radius 1 is 1.00 bits per heavy atom. The molecule has 0 bridgehead atoms. The molecule has 1 aromatic heterocycles. The van der Waals surface area contributed by atoms with Crippen LogP contribution in [0.1, 0.15) is 5.56 Å². The van der Waals surface area contributed by atoms with Gasteiger partial charge < -0.3 is 0 Å². The van der Waals surface area contributed by atoms with Crippen molar-refractivity contribution in [2.75, 3.05) is 0 Å². The molecule has 5 nitrogen and oxygen atoms in total. The van der Waals surface area contributed by atoms with Crippen molar-refractivity contribution in [2.45, 2.75) is 6.54 Å². The van der Waals surface area contributed by atoms with Crippen molar-refractivity contribution in [2.24, 2.45) is 0 Å². The van der Waals surface area contributed by atoms with Gasteiger partial charge in [-0.2, -0.15) is 5.10 Å². The maximum absolute atomic E-state index is 11.2. The summed E-state index contributed by atoms with van der Waals surface area (Å²) in [5, 5.41) is 17.6. The third kappa shape index (κ3) is 3.27. The van der Waals surface area contributed by atoms with Gasteiger partial charge in [0.1, 0.15) is 5.69 Å². The number of aromatic nitrogens is 2. The first kappa shape index (κ1) is 17.5. The average molecular weight is 398 g/mol. The van der Waals surface area contributed by atoms with Gasteiger partial charge in [0.25, 0.3) is 5.69 Å². The number of nitro benzene ring substituents is 1. The summed E-state index contributed by atoms with van der Waals surface area (Å²) in [6, 6.07) is 19.8. The van der Waals surface area contributed by atoms with Crippen molar-refractivity contribution < 1.29 is 4.92 Å². The lowest BCUT2D eigenvalue weighted by Crippen LogP contribution is -2.02. The summed E-state index contributed by atoms with van der Waals surface area (Å²) < 4.78 is 1.79. The molecule has 4 aromatic rings.